The Bertz CT molecular complexity index is 666. The zero-order chi connectivity index (χ0) is 14.9. The number of amides is 1. The highest BCUT2D eigenvalue weighted by Gasteiger charge is 2.13. The van der Waals surface area contributed by atoms with Crippen LogP contribution in [0.2, 0.25) is 0 Å². The zero-order valence-electron chi connectivity index (χ0n) is 11.1. The molecule has 0 aliphatic rings. The molecule has 20 heavy (non-hydrogen) atoms. The Morgan fingerprint density at radius 3 is 2.55 bits per heavy atom. The summed E-state index contributed by atoms with van der Waals surface area (Å²) in [5.74, 6) is -0.703. The lowest BCUT2D eigenvalue weighted by Gasteiger charge is -2.11. The maximum absolute atomic E-state index is 13.3. The van der Waals surface area contributed by atoms with Gasteiger partial charge < -0.3 is 11.1 Å². The van der Waals surface area contributed by atoms with Crippen molar-refractivity contribution in [2.45, 2.75) is 13.8 Å². The van der Waals surface area contributed by atoms with Crippen LogP contribution in [0.25, 0.3) is 0 Å². The number of nitrogen functional groups attached to an aromatic ring is 1. The average Bonchev–Trinajstić information content (AvgIpc) is 2.32. The van der Waals surface area contributed by atoms with Gasteiger partial charge in [0, 0.05) is 21.4 Å². The van der Waals surface area contributed by atoms with Gasteiger partial charge in [-0.2, -0.15) is 0 Å². The molecule has 2 aromatic carbocycles. The molecule has 0 heterocycles. The summed E-state index contributed by atoms with van der Waals surface area (Å²) in [5, 5.41) is 2.68. The Morgan fingerprint density at radius 2 is 1.90 bits per heavy atom. The van der Waals surface area contributed by atoms with E-state index in [0.717, 1.165) is 10.0 Å². The van der Waals surface area contributed by atoms with Gasteiger partial charge in [0.05, 0.1) is 0 Å². The first-order valence-electron chi connectivity index (χ1n) is 6.01. The van der Waals surface area contributed by atoms with Crippen molar-refractivity contribution in [3.63, 3.8) is 0 Å². The van der Waals surface area contributed by atoms with E-state index < -0.39 is 0 Å². The van der Waals surface area contributed by atoms with Gasteiger partial charge in [0.15, 0.2) is 0 Å². The van der Waals surface area contributed by atoms with Gasteiger partial charge in [0.2, 0.25) is 0 Å². The first-order chi connectivity index (χ1) is 9.36. The SMILES string of the molecule is Cc1cc(F)cc(NC(=O)c2cc(Br)cc(N)c2C)c1. The largest absolute Gasteiger partial charge is 0.398 e. The summed E-state index contributed by atoms with van der Waals surface area (Å²) >= 11 is 3.30. The molecule has 0 aromatic heterocycles. The summed E-state index contributed by atoms with van der Waals surface area (Å²) in [6.07, 6.45) is 0. The van der Waals surface area contributed by atoms with Crippen molar-refractivity contribution in [3.05, 3.63) is 57.3 Å². The Balaban J connectivity index is 2.33. The molecule has 3 nitrogen and oxygen atoms in total. The number of nitrogens with two attached hydrogens (primary N) is 1. The number of nitrogens with one attached hydrogen (secondary N) is 1. The highest BCUT2D eigenvalue weighted by atomic mass is 79.9. The van der Waals surface area contributed by atoms with Crippen LogP contribution in [-0.4, -0.2) is 5.91 Å². The fourth-order valence-electron chi connectivity index (χ4n) is 1.94. The van der Waals surface area contributed by atoms with Gasteiger partial charge in [0.25, 0.3) is 5.91 Å². The van der Waals surface area contributed by atoms with Gasteiger partial charge in [0.1, 0.15) is 5.82 Å². The number of rotatable bonds is 2. The van der Waals surface area contributed by atoms with E-state index in [1.165, 1.54) is 12.1 Å². The molecule has 0 saturated carbocycles. The van der Waals surface area contributed by atoms with Gasteiger partial charge in [-0.15, -0.1) is 0 Å². The minimum absolute atomic E-state index is 0.319. The van der Waals surface area contributed by atoms with Crippen molar-refractivity contribution in [2.75, 3.05) is 11.1 Å². The number of hydrogen-bond donors (Lipinski definition) is 2. The normalized spacial score (nSPS) is 10.4. The number of benzene rings is 2. The molecule has 5 heteroatoms. The molecule has 0 bridgehead atoms. The third kappa shape index (κ3) is 3.17. The van der Waals surface area contributed by atoms with Crippen molar-refractivity contribution in [1.29, 1.82) is 0 Å². The Morgan fingerprint density at radius 1 is 1.20 bits per heavy atom. The summed E-state index contributed by atoms with van der Waals surface area (Å²) in [4.78, 5) is 12.3. The molecule has 0 atom stereocenters. The monoisotopic (exact) mass is 336 g/mol. The summed E-state index contributed by atoms with van der Waals surface area (Å²) in [6, 6.07) is 7.81. The van der Waals surface area contributed by atoms with Crippen molar-refractivity contribution >= 4 is 33.2 Å². The van der Waals surface area contributed by atoms with E-state index in [-0.39, 0.29) is 11.7 Å². The second kappa shape index (κ2) is 5.63. The molecule has 2 aromatic rings. The van der Waals surface area contributed by atoms with Crippen LogP contribution in [0.3, 0.4) is 0 Å². The van der Waals surface area contributed by atoms with Crippen LogP contribution < -0.4 is 11.1 Å². The fourth-order valence-corrected chi connectivity index (χ4v) is 2.42. The standard InChI is InChI=1S/C15H14BrFN2O/c1-8-3-11(17)7-12(4-8)19-15(20)13-5-10(16)6-14(18)9(13)2/h3-7H,18H2,1-2H3,(H,19,20). The molecule has 0 radical (unpaired) electrons. The van der Waals surface area contributed by atoms with Crippen LogP contribution in [0, 0.1) is 19.7 Å². The first kappa shape index (κ1) is 14.5. The zero-order valence-corrected chi connectivity index (χ0v) is 12.7. The Kier molecular flexibility index (Phi) is 4.09. The van der Waals surface area contributed by atoms with Crippen LogP contribution >= 0.6 is 15.9 Å². The molecular weight excluding hydrogens is 323 g/mol. The third-order valence-electron chi connectivity index (χ3n) is 2.96. The van der Waals surface area contributed by atoms with Crippen LogP contribution in [0.5, 0.6) is 0 Å². The summed E-state index contributed by atoms with van der Waals surface area (Å²) in [6.45, 7) is 3.54. The van der Waals surface area contributed by atoms with Gasteiger partial charge in [-0.25, -0.2) is 4.39 Å². The molecule has 2 rings (SSSR count). The molecule has 0 saturated heterocycles. The molecule has 0 aliphatic heterocycles. The lowest BCUT2D eigenvalue weighted by molar-refractivity contribution is 0.102. The second-order valence-corrected chi connectivity index (χ2v) is 5.55. The van der Waals surface area contributed by atoms with E-state index in [2.05, 4.69) is 21.2 Å². The molecular formula is C15H14BrFN2O. The van der Waals surface area contributed by atoms with Crippen LogP contribution in [0.15, 0.2) is 34.8 Å². The molecule has 0 unspecified atom stereocenters. The lowest BCUT2D eigenvalue weighted by Crippen LogP contribution is -2.14. The van der Waals surface area contributed by atoms with Crippen LogP contribution in [0.4, 0.5) is 15.8 Å². The van der Waals surface area contributed by atoms with E-state index >= 15 is 0 Å². The number of carbonyl (C=O) groups excluding carboxylic acids is 1. The van der Waals surface area contributed by atoms with E-state index in [1.54, 1.807) is 32.0 Å². The van der Waals surface area contributed by atoms with E-state index in [9.17, 15) is 9.18 Å². The fraction of sp³-hybridized carbons (Fsp3) is 0.133. The molecule has 0 spiro atoms. The maximum atomic E-state index is 13.3. The number of hydrogen-bond acceptors (Lipinski definition) is 2. The third-order valence-corrected chi connectivity index (χ3v) is 3.42. The summed E-state index contributed by atoms with van der Waals surface area (Å²) in [7, 11) is 0. The predicted octanol–water partition coefficient (Wildman–Crippen LogP) is 4.04. The van der Waals surface area contributed by atoms with Gasteiger partial charge in [-0.05, 0) is 55.3 Å². The van der Waals surface area contributed by atoms with Crippen LogP contribution in [-0.2, 0) is 0 Å². The smallest absolute Gasteiger partial charge is 0.256 e. The highest BCUT2D eigenvalue weighted by molar-refractivity contribution is 9.10. The van der Waals surface area contributed by atoms with E-state index in [1.807, 2.05) is 0 Å². The maximum Gasteiger partial charge on any atom is 0.256 e. The summed E-state index contributed by atoms with van der Waals surface area (Å²) < 4.78 is 14.0. The van der Waals surface area contributed by atoms with Crippen molar-refractivity contribution in [2.24, 2.45) is 0 Å². The van der Waals surface area contributed by atoms with E-state index in [4.69, 9.17) is 5.73 Å². The van der Waals surface area contributed by atoms with Crippen molar-refractivity contribution in [1.82, 2.24) is 0 Å². The number of carbonyl (C=O) groups is 1. The van der Waals surface area contributed by atoms with Gasteiger partial charge >= 0.3 is 0 Å². The number of anilines is 2. The average molecular weight is 337 g/mol. The van der Waals surface area contributed by atoms with Gasteiger partial charge in [-0.1, -0.05) is 15.9 Å². The summed E-state index contributed by atoms with van der Waals surface area (Å²) in [5.41, 5.74) is 8.67. The quantitative estimate of drug-likeness (QED) is 0.813. The minimum atomic E-state index is -0.384. The molecule has 1 amide bonds. The lowest BCUT2D eigenvalue weighted by atomic mass is 10.1. The van der Waals surface area contributed by atoms with Crippen molar-refractivity contribution < 1.29 is 9.18 Å². The topological polar surface area (TPSA) is 55.1 Å². The molecule has 0 fully saturated rings. The Labute approximate surface area is 125 Å². The molecule has 0 aliphatic carbocycles. The second-order valence-electron chi connectivity index (χ2n) is 4.64. The predicted molar refractivity (Wildman–Crippen MR) is 82.4 cm³/mol. The molecule has 104 valence electrons. The Hall–Kier alpha value is -1.88. The van der Waals surface area contributed by atoms with Gasteiger partial charge in [-0.3, -0.25) is 4.79 Å². The first-order valence-corrected chi connectivity index (χ1v) is 6.80. The van der Waals surface area contributed by atoms with E-state index in [0.29, 0.717) is 22.5 Å². The van der Waals surface area contributed by atoms with Crippen molar-refractivity contribution in [3.8, 4) is 0 Å². The number of aryl methyl sites for hydroxylation is 1. The molecule has 3 N–H and O–H groups in total. The minimum Gasteiger partial charge on any atom is -0.398 e. The van der Waals surface area contributed by atoms with Crippen LogP contribution in [0.1, 0.15) is 21.5 Å². The number of halogens is 2. The highest BCUT2D eigenvalue weighted by Crippen LogP contribution is 2.24.